The summed E-state index contributed by atoms with van der Waals surface area (Å²) < 4.78 is 29.2. The van der Waals surface area contributed by atoms with Gasteiger partial charge in [-0.15, -0.1) is 36.6 Å². The van der Waals surface area contributed by atoms with Gasteiger partial charge in [-0.2, -0.15) is 0 Å². The Kier molecular flexibility index (Phi) is 34.8. The molecule has 13 nitrogen and oxygen atoms in total. The van der Waals surface area contributed by atoms with Crippen molar-refractivity contribution in [3.63, 3.8) is 0 Å². The molecule has 234 valence electrons. The van der Waals surface area contributed by atoms with Gasteiger partial charge >= 0.3 is 62.0 Å². The number of hydrogen-bond donors (Lipinski definition) is 1. The minimum absolute atomic E-state index is 0. The maximum absolute atomic E-state index is 8.81. The van der Waals surface area contributed by atoms with Gasteiger partial charge < -0.3 is 22.2 Å². The van der Waals surface area contributed by atoms with E-state index < -0.39 is 10.6 Å². The van der Waals surface area contributed by atoms with Crippen LogP contribution >= 0.6 is 24.0 Å². The molecule has 0 atom stereocenters. The largest absolute Gasteiger partial charge is 1.00 e. The summed E-state index contributed by atoms with van der Waals surface area (Å²) in [6.45, 7) is 4.19. The SMILES string of the molecule is C.C1=CN=C(C2=NC=CC2)C1.Cc1ccc(C)cc1.Cn1ccnc1-c1nccn1C.I.N.O.O=CC=O.O=S(=O)=O.[H-].[K+]. The normalized spacial score (nSPS) is 10.7. The molecule has 0 unspecified atom stereocenters. The van der Waals surface area contributed by atoms with E-state index in [0.717, 1.165) is 35.9 Å². The Labute approximate surface area is 315 Å². The minimum atomic E-state index is -3.11. The Morgan fingerprint density at radius 1 is 0.767 bits per heavy atom. The van der Waals surface area contributed by atoms with Gasteiger partial charge in [0.2, 0.25) is 0 Å². The number of aliphatic imine (C=N–C) groups is 2. The van der Waals surface area contributed by atoms with Crippen LogP contribution in [0.4, 0.5) is 0 Å². The first-order valence-corrected chi connectivity index (χ1v) is 12.3. The van der Waals surface area contributed by atoms with Crippen molar-refractivity contribution in [2.75, 3.05) is 0 Å². The van der Waals surface area contributed by atoms with Crippen molar-refractivity contribution in [2.24, 2.45) is 24.1 Å². The summed E-state index contributed by atoms with van der Waals surface area (Å²) in [4.78, 5) is 34.4. The molecule has 4 heterocycles. The van der Waals surface area contributed by atoms with E-state index in [1.807, 2.05) is 48.0 Å². The second-order valence-corrected chi connectivity index (χ2v) is 8.09. The molecule has 16 heteroatoms. The third-order valence-electron chi connectivity index (χ3n) is 4.74. The quantitative estimate of drug-likeness (QED) is 0.175. The van der Waals surface area contributed by atoms with Crippen LogP contribution in [0.2, 0.25) is 0 Å². The van der Waals surface area contributed by atoms with Gasteiger partial charge in [0.15, 0.2) is 24.2 Å². The van der Waals surface area contributed by atoms with Crippen LogP contribution < -0.4 is 57.5 Å². The van der Waals surface area contributed by atoms with Crippen molar-refractivity contribution in [3.8, 4) is 11.6 Å². The second-order valence-electron chi connectivity index (χ2n) is 7.68. The number of carbonyl (C=O) groups is 2. The molecule has 5 N–H and O–H groups in total. The molecule has 5 rings (SSSR count). The minimum Gasteiger partial charge on any atom is -1.00 e. The third-order valence-corrected chi connectivity index (χ3v) is 4.74. The molecule has 1 aromatic carbocycles. The molecule has 0 radical (unpaired) electrons. The third kappa shape index (κ3) is 22.0. The molecule has 3 aromatic rings. The Balaban J connectivity index is -0.000000105. The Hall–Kier alpha value is -2.29. The summed E-state index contributed by atoms with van der Waals surface area (Å²) >= 11 is 0. The number of benzene rings is 1. The average Bonchev–Trinajstić information content (AvgIpc) is 3.70. The van der Waals surface area contributed by atoms with E-state index in [9.17, 15) is 0 Å². The predicted octanol–water partition coefficient (Wildman–Crippen LogP) is 0.915. The smallest absolute Gasteiger partial charge is 1.00 e. The van der Waals surface area contributed by atoms with Gasteiger partial charge in [0.05, 0.1) is 11.4 Å². The van der Waals surface area contributed by atoms with E-state index in [1.54, 1.807) is 12.4 Å². The van der Waals surface area contributed by atoms with Crippen LogP contribution in [0.3, 0.4) is 0 Å². The molecule has 0 bridgehead atoms. The van der Waals surface area contributed by atoms with Crippen LogP contribution in [-0.4, -0.2) is 61.2 Å². The maximum Gasteiger partial charge on any atom is 1.00 e. The monoisotopic (exact) mass is 757 g/mol. The predicted molar refractivity (Wildman–Crippen MR) is 177 cm³/mol. The number of aromatic nitrogens is 4. The zero-order valence-corrected chi connectivity index (χ0v) is 30.5. The van der Waals surface area contributed by atoms with Gasteiger partial charge in [0.25, 0.3) is 0 Å². The molecule has 2 aliphatic heterocycles. The molecule has 0 aliphatic carbocycles. The van der Waals surface area contributed by atoms with Gasteiger partial charge in [-0.05, 0) is 13.8 Å². The van der Waals surface area contributed by atoms with Gasteiger partial charge in [-0.1, -0.05) is 55.0 Å². The summed E-state index contributed by atoms with van der Waals surface area (Å²) in [5.74, 6) is 1.78. The summed E-state index contributed by atoms with van der Waals surface area (Å²) in [6.07, 6.45) is 17.4. The van der Waals surface area contributed by atoms with Crippen molar-refractivity contribution < 1.29 is 80.5 Å². The fraction of sp³-hybridized carbons (Fsp3) is 0.259. The van der Waals surface area contributed by atoms with Crippen molar-refractivity contribution in [1.82, 2.24) is 25.3 Å². The Morgan fingerprint density at radius 2 is 1.07 bits per heavy atom. The van der Waals surface area contributed by atoms with Crippen molar-refractivity contribution in [2.45, 2.75) is 34.1 Å². The van der Waals surface area contributed by atoms with E-state index in [4.69, 9.17) is 22.2 Å². The number of rotatable bonds is 3. The molecular weight excluding hydrogens is 716 g/mol. The Bertz CT molecular complexity index is 1330. The first-order chi connectivity index (χ1) is 18.2. The average molecular weight is 758 g/mol. The van der Waals surface area contributed by atoms with Gasteiger partial charge in [-0.25, -0.2) is 9.97 Å². The number of halogens is 1. The van der Waals surface area contributed by atoms with E-state index in [-0.39, 0.29) is 108 Å². The van der Waals surface area contributed by atoms with Crippen molar-refractivity contribution in [3.05, 3.63) is 84.7 Å². The number of allylic oxidation sites excluding steroid dienone is 2. The number of nitrogens with zero attached hydrogens (tertiary/aromatic N) is 6. The summed E-state index contributed by atoms with van der Waals surface area (Å²) in [6, 6.07) is 8.48. The number of carbonyl (C=O) groups excluding carboxylic acids is 2. The van der Waals surface area contributed by atoms with Crippen LogP contribution in [0.5, 0.6) is 0 Å². The zero-order valence-electron chi connectivity index (χ0n) is 25.2. The van der Waals surface area contributed by atoms with E-state index in [1.165, 1.54) is 11.1 Å². The van der Waals surface area contributed by atoms with Crippen LogP contribution in [0.25, 0.3) is 11.6 Å². The summed E-state index contributed by atoms with van der Waals surface area (Å²) in [7, 11) is 0.800. The van der Waals surface area contributed by atoms with Crippen LogP contribution in [-0.2, 0) is 34.3 Å². The van der Waals surface area contributed by atoms with Gasteiger partial charge in [0.1, 0.15) is 0 Å². The van der Waals surface area contributed by atoms with Gasteiger partial charge in [0, 0.05) is 64.1 Å². The molecule has 0 saturated heterocycles. The summed E-state index contributed by atoms with van der Waals surface area (Å²) in [5.41, 5.74) is 4.92. The first kappa shape index (κ1) is 50.3. The first-order valence-electron chi connectivity index (χ1n) is 11.3. The number of aryl methyl sites for hydroxylation is 4. The van der Waals surface area contributed by atoms with E-state index in [2.05, 4.69) is 70.2 Å². The number of hydrogen-bond acceptors (Lipinski definition) is 10. The molecular formula is C27H41IKN7O6S. The molecule has 0 spiro atoms. The van der Waals surface area contributed by atoms with Crippen LogP contribution in [0, 0.1) is 13.8 Å². The standard InChI is InChI=1S/C8H10N4.C8H8N2.C8H10.C2H2O2.CH4.HI.K.H3N.O3S.H2O.H/c1-11-5-3-9-7(11)8-10-4-6-12(8)2;1-3-7(9-5-1)8-4-2-6-10-8;1-7-3-5-8(2)6-4-7;3-1-2-4;;;;;1-4(2)3;;/h3-6H,1-2H3;1-2,5-6H,3-4H2;3-6H,1-2H3;1-2H;1H4;1H;;1H3;;1H2;/q;;;;;;+1;;;;-1. The molecule has 0 amide bonds. The topological polar surface area (TPSA) is 212 Å². The zero-order chi connectivity index (χ0) is 28.3. The molecule has 43 heavy (non-hydrogen) atoms. The van der Waals surface area contributed by atoms with E-state index in [0.29, 0.717) is 0 Å². The molecule has 0 saturated carbocycles. The molecule has 2 aromatic heterocycles. The number of imidazole rings is 2. The van der Waals surface area contributed by atoms with E-state index >= 15 is 0 Å². The summed E-state index contributed by atoms with van der Waals surface area (Å²) in [5, 5.41) is 0. The fourth-order valence-electron chi connectivity index (χ4n) is 2.90. The Morgan fingerprint density at radius 3 is 1.26 bits per heavy atom. The molecule has 0 fully saturated rings. The second kappa shape index (κ2) is 29.8. The van der Waals surface area contributed by atoms with Crippen LogP contribution in [0.15, 0.2) is 83.6 Å². The van der Waals surface area contributed by atoms with Crippen molar-refractivity contribution >= 4 is 58.6 Å². The van der Waals surface area contributed by atoms with Crippen molar-refractivity contribution in [1.29, 1.82) is 0 Å². The molecule has 2 aliphatic rings. The number of aldehydes is 2. The van der Waals surface area contributed by atoms with Crippen LogP contribution in [0.1, 0.15) is 32.8 Å². The fourth-order valence-corrected chi connectivity index (χ4v) is 2.90. The van der Waals surface area contributed by atoms with Gasteiger partial charge in [-0.3, -0.25) is 19.6 Å². The maximum atomic E-state index is 8.81.